The molecule has 0 aliphatic heterocycles. The van der Waals surface area contributed by atoms with Gasteiger partial charge in [-0.05, 0) is 52.7 Å². The Morgan fingerprint density at radius 2 is 1.84 bits per heavy atom. The molecular weight excluding hydrogens is 236 g/mol. The van der Waals surface area contributed by atoms with Crippen LogP contribution < -0.4 is 5.32 Å². The SMILES string of the molecule is CCCNC(C)(CO)CCN(C)C1CCCCCC1. The van der Waals surface area contributed by atoms with Gasteiger partial charge in [0, 0.05) is 11.6 Å². The van der Waals surface area contributed by atoms with Crippen molar-refractivity contribution in [2.24, 2.45) is 0 Å². The Morgan fingerprint density at radius 1 is 1.21 bits per heavy atom. The molecule has 3 nitrogen and oxygen atoms in total. The number of nitrogens with zero attached hydrogens (tertiary/aromatic N) is 1. The number of rotatable bonds is 8. The zero-order valence-corrected chi connectivity index (χ0v) is 13.2. The van der Waals surface area contributed by atoms with E-state index in [0.29, 0.717) is 0 Å². The summed E-state index contributed by atoms with van der Waals surface area (Å²) in [4.78, 5) is 2.52. The van der Waals surface area contributed by atoms with Crippen molar-refractivity contribution in [1.82, 2.24) is 10.2 Å². The number of nitrogens with one attached hydrogen (secondary N) is 1. The average Bonchev–Trinajstić information content (AvgIpc) is 2.71. The van der Waals surface area contributed by atoms with Gasteiger partial charge in [0.1, 0.15) is 0 Å². The van der Waals surface area contributed by atoms with Gasteiger partial charge in [0.2, 0.25) is 0 Å². The van der Waals surface area contributed by atoms with Crippen molar-refractivity contribution < 1.29 is 5.11 Å². The van der Waals surface area contributed by atoms with E-state index in [0.717, 1.165) is 32.0 Å². The third-order valence-electron chi connectivity index (χ3n) is 4.62. The second-order valence-corrected chi connectivity index (χ2v) is 6.52. The first-order chi connectivity index (χ1) is 9.11. The lowest BCUT2D eigenvalue weighted by Gasteiger charge is -2.33. The van der Waals surface area contributed by atoms with Crippen LogP contribution in [0.15, 0.2) is 0 Å². The maximum absolute atomic E-state index is 9.60. The summed E-state index contributed by atoms with van der Waals surface area (Å²) in [6, 6.07) is 0.761. The zero-order valence-electron chi connectivity index (χ0n) is 13.2. The van der Waals surface area contributed by atoms with Gasteiger partial charge in [0.25, 0.3) is 0 Å². The predicted octanol–water partition coefficient (Wildman–Crippen LogP) is 2.78. The molecule has 1 aliphatic rings. The van der Waals surface area contributed by atoms with Crippen LogP contribution in [0, 0.1) is 0 Å². The first kappa shape index (κ1) is 16.9. The van der Waals surface area contributed by atoms with E-state index in [4.69, 9.17) is 0 Å². The molecule has 2 N–H and O–H groups in total. The number of hydrogen-bond acceptors (Lipinski definition) is 3. The van der Waals surface area contributed by atoms with Crippen LogP contribution in [-0.4, -0.2) is 48.3 Å². The van der Waals surface area contributed by atoms with Gasteiger partial charge in [-0.25, -0.2) is 0 Å². The Balaban J connectivity index is 2.35. The smallest absolute Gasteiger partial charge is 0.0611 e. The Morgan fingerprint density at radius 3 is 2.37 bits per heavy atom. The largest absolute Gasteiger partial charge is 0.394 e. The van der Waals surface area contributed by atoms with E-state index in [2.05, 4.69) is 31.1 Å². The summed E-state index contributed by atoms with van der Waals surface area (Å²) in [5.74, 6) is 0. The molecule has 1 unspecified atom stereocenters. The molecule has 1 aliphatic carbocycles. The van der Waals surface area contributed by atoms with Crippen LogP contribution >= 0.6 is 0 Å². The molecule has 1 fully saturated rings. The molecule has 19 heavy (non-hydrogen) atoms. The highest BCUT2D eigenvalue weighted by molar-refractivity contribution is 4.84. The molecule has 0 aromatic rings. The van der Waals surface area contributed by atoms with Crippen molar-refractivity contribution in [2.45, 2.75) is 76.8 Å². The second-order valence-electron chi connectivity index (χ2n) is 6.52. The Kier molecular flexibility index (Phi) is 7.96. The summed E-state index contributed by atoms with van der Waals surface area (Å²) in [6.45, 7) is 6.61. The monoisotopic (exact) mass is 270 g/mol. The van der Waals surface area contributed by atoms with Crippen LogP contribution in [0.1, 0.15) is 65.2 Å². The Bertz CT molecular complexity index is 227. The summed E-state index contributed by atoms with van der Waals surface area (Å²) < 4.78 is 0. The molecule has 0 saturated heterocycles. The Hall–Kier alpha value is -0.120. The lowest BCUT2D eigenvalue weighted by Crippen LogP contribution is -2.48. The van der Waals surface area contributed by atoms with Crippen LogP contribution in [-0.2, 0) is 0 Å². The van der Waals surface area contributed by atoms with Crippen molar-refractivity contribution in [1.29, 1.82) is 0 Å². The van der Waals surface area contributed by atoms with Crippen molar-refractivity contribution >= 4 is 0 Å². The summed E-state index contributed by atoms with van der Waals surface area (Å²) in [6.07, 6.45) is 10.5. The molecule has 0 spiro atoms. The van der Waals surface area contributed by atoms with Gasteiger partial charge in [0.05, 0.1) is 6.61 Å². The molecule has 0 bridgehead atoms. The van der Waals surface area contributed by atoms with E-state index in [9.17, 15) is 5.11 Å². The van der Waals surface area contributed by atoms with Gasteiger partial charge in [-0.3, -0.25) is 0 Å². The fourth-order valence-corrected chi connectivity index (χ4v) is 2.95. The first-order valence-corrected chi connectivity index (χ1v) is 8.17. The summed E-state index contributed by atoms with van der Waals surface area (Å²) in [5, 5.41) is 13.1. The summed E-state index contributed by atoms with van der Waals surface area (Å²) >= 11 is 0. The molecule has 1 rings (SSSR count). The molecule has 0 heterocycles. The topological polar surface area (TPSA) is 35.5 Å². The van der Waals surface area contributed by atoms with Crippen LogP contribution in [0.4, 0.5) is 0 Å². The third kappa shape index (κ3) is 6.24. The number of aliphatic hydroxyl groups excluding tert-OH is 1. The van der Waals surface area contributed by atoms with Crippen molar-refractivity contribution in [3.63, 3.8) is 0 Å². The van der Waals surface area contributed by atoms with Gasteiger partial charge >= 0.3 is 0 Å². The van der Waals surface area contributed by atoms with Crippen LogP contribution in [0.25, 0.3) is 0 Å². The predicted molar refractivity (Wildman–Crippen MR) is 82.5 cm³/mol. The fourth-order valence-electron chi connectivity index (χ4n) is 2.95. The van der Waals surface area contributed by atoms with E-state index >= 15 is 0 Å². The number of hydrogen-bond donors (Lipinski definition) is 2. The Labute approximate surface area is 119 Å². The quantitative estimate of drug-likeness (QED) is 0.666. The van der Waals surface area contributed by atoms with Gasteiger partial charge in [-0.15, -0.1) is 0 Å². The third-order valence-corrected chi connectivity index (χ3v) is 4.62. The van der Waals surface area contributed by atoms with E-state index in [1.54, 1.807) is 0 Å². The van der Waals surface area contributed by atoms with Crippen LogP contribution in [0.2, 0.25) is 0 Å². The minimum absolute atomic E-state index is 0.116. The van der Waals surface area contributed by atoms with Gasteiger partial charge in [-0.1, -0.05) is 32.6 Å². The van der Waals surface area contributed by atoms with Crippen molar-refractivity contribution in [3.8, 4) is 0 Å². The first-order valence-electron chi connectivity index (χ1n) is 8.17. The highest BCUT2D eigenvalue weighted by Gasteiger charge is 2.24. The molecular formula is C16H34N2O. The van der Waals surface area contributed by atoms with Gasteiger partial charge < -0.3 is 15.3 Å². The van der Waals surface area contributed by atoms with Gasteiger partial charge in [-0.2, -0.15) is 0 Å². The van der Waals surface area contributed by atoms with E-state index in [1.807, 2.05) is 0 Å². The molecule has 0 amide bonds. The minimum atomic E-state index is -0.116. The molecule has 114 valence electrons. The summed E-state index contributed by atoms with van der Waals surface area (Å²) in [7, 11) is 2.26. The van der Waals surface area contributed by atoms with Crippen LogP contribution in [0.3, 0.4) is 0 Å². The molecule has 1 saturated carbocycles. The minimum Gasteiger partial charge on any atom is -0.394 e. The molecule has 0 aromatic heterocycles. The zero-order chi connectivity index (χ0) is 14.1. The standard InChI is InChI=1S/C16H34N2O/c1-4-12-17-16(2,14-19)11-13-18(3)15-9-7-5-6-8-10-15/h15,17,19H,4-14H2,1-3H3. The molecule has 0 aromatic carbocycles. The maximum Gasteiger partial charge on any atom is 0.0611 e. The fraction of sp³-hybridized carbons (Fsp3) is 1.00. The lowest BCUT2D eigenvalue weighted by molar-refractivity contribution is 0.136. The molecule has 1 atom stereocenters. The van der Waals surface area contributed by atoms with E-state index in [-0.39, 0.29) is 12.1 Å². The van der Waals surface area contributed by atoms with Crippen LogP contribution in [0.5, 0.6) is 0 Å². The van der Waals surface area contributed by atoms with Crippen molar-refractivity contribution in [2.75, 3.05) is 26.7 Å². The maximum atomic E-state index is 9.60. The normalized spacial score (nSPS) is 21.3. The highest BCUT2D eigenvalue weighted by atomic mass is 16.3. The summed E-state index contributed by atoms with van der Waals surface area (Å²) in [5.41, 5.74) is -0.116. The highest BCUT2D eigenvalue weighted by Crippen LogP contribution is 2.22. The second kappa shape index (κ2) is 8.93. The van der Waals surface area contributed by atoms with Gasteiger partial charge in [0.15, 0.2) is 0 Å². The van der Waals surface area contributed by atoms with E-state index < -0.39 is 0 Å². The average molecular weight is 270 g/mol. The number of aliphatic hydroxyl groups is 1. The lowest BCUT2D eigenvalue weighted by atomic mass is 9.97. The van der Waals surface area contributed by atoms with Crippen molar-refractivity contribution in [3.05, 3.63) is 0 Å². The molecule has 3 heteroatoms. The van der Waals surface area contributed by atoms with E-state index in [1.165, 1.54) is 38.5 Å². The molecule has 0 radical (unpaired) electrons.